The van der Waals surface area contributed by atoms with Crippen LogP contribution < -0.4 is 10.2 Å². The molecule has 1 saturated carbocycles. The Hall–Kier alpha value is -2.29. The van der Waals surface area contributed by atoms with Gasteiger partial charge in [-0.3, -0.25) is 0 Å². The maximum absolute atomic E-state index is 13.1. The summed E-state index contributed by atoms with van der Waals surface area (Å²) in [5.74, 6) is 1.54. The van der Waals surface area contributed by atoms with Crippen LogP contribution in [0.4, 0.5) is 26.2 Å². The molecule has 0 atom stereocenters. The van der Waals surface area contributed by atoms with Gasteiger partial charge in [0.15, 0.2) is 9.84 Å². The van der Waals surface area contributed by atoms with Gasteiger partial charge in [0.2, 0.25) is 12.4 Å². The minimum atomic E-state index is -3.25. The lowest BCUT2D eigenvalue weighted by Crippen LogP contribution is -2.59. The highest BCUT2D eigenvalue weighted by Gasteiger charge is 2.54. The summed E-state index contributed by atoms with van der Waals surface area (Å²) in [7, 11) is -3.25. The molecule has 1 N–H and O–H groups in total. The molecule has 2 aliphatic rings. The predicted molar refractivity (Wildman–Crippen MR) is 108 cm³/mol. The zero-order valence-corrected chi connectivity index (χ0v) is 17.2. The second-order valence-corrected chi connectivity index (χ2v) is 10.2. The molecule has 1 aromatic heterocycles. The molecule has 0 bridgehead atoms. The highest BCUT2D eigenvalue weighted by atomic mass is 32.2. The van der Waals surface area contributed by atoms with Gasteiger partial charge in [0.25, 0.3) is 0 Å². The Balaban J connectivity index is 1.49. The molecule has 1 saturated heterocycles. The minimum Gasteiger partial charge on any atom is -0.355 e. The quantitative estimate of drug-likeness (QED) is 0.732. The number of halogens is 2. The molecule has 0 spiro atoms. The lowest BCUT2D eigenvalue weighted by molar-refractivity contribution is 0.0395. The lowest BCUT2D eigenvalue weighted by Gasteiger charge is -2.52. The zero-order valence-electron chi connectivity index (χ0n) is 16.4. The molecule has 0 amide bonds. The Kier molecular flexibility index (Phi) is 4.96. The van der Waals surface area contributed by atoms with Gasteiger partial charge in [0.05, 0.1) is 4.90 Å². The van der Waals surface area contributed by atoms with Gasteiger partial charge in [0.1, 0.15) is 5.82 Å². The van der Waals surface area contributed by atoms with Crippen LogP contribution in [0.15, 0.2) is 35.4 Å². The molecule has 0 unspecified atom stereocenters. The number of hydrogen-bond acceptors (Lipinski definition) is 6. The Morgan fingerprint density at radius 3 is 2.45 bits per heavy atom. The van der Waals surface area contributed by atoms with Crippen molar-refractivity contribution >= 4 is 27.3 Å². The maximum atomic E-state index is 13.1. The molecule has 2 fully saturated rings. The molecule has 29 heavy (non-hydrogen) atoms. The molecular weight excluding hydrogens is 398 g/mol. The first-order valence-electron chi connectivity index (χ1n) is 9.60. The van der Waals surface area contributed by atoms with Gasteiger partial charge in [-0.25, -0.2) is 22.2 Å². The number of anilines is 3. The molecular formula is C20H24F2N4O2S. The van der Waals surface area contributed by atoms with Crippen molar-refractivity contribution < 1.29 is 17.2 Å². The normalized spacial score (nSPS) is 18.6. The van der Waals surface area contributed by atoms with E-state index < -0.39 is 16.3 Å². The summed E-state index contributed by atoms with van der Waals surface area (Å²) in [5.41, 5.74) is 1.27. The minimum absolute atomic E-state index is 0.0455. The van der Waals surface area contributed by atoms with Gasteiger partial charge in [0, 0.05) is 48.6 Å². The van der Waals surface area contributed by atoms with E-state index in [1.807, 2.05) is 6.92 Å². The fraction of sp³-hybridized carbons (Fsp3) is 0.500. The van der Waals surface area contributed by atoms with E-state index in [9.17, 15) is 17.2 Å². The van der Waals surface area contributed by atoms with E-state index in [1.165, 1.54) is 12.1 Å². The number of hydrogen-bond donors (Lipinski definition) is 1. The fourth-order valence-corrected chi connectivity index (χ4v) is 4.78. The van der Waals surface area contributed by atoms with Gasteiger partial charge in [-0.15, -0.1) is 0 Å². The molecule has 0 radical (unpaired) electrons. The summed E-state index contributed by atoms with van der Waals surface area (Å²) < 4.78 is 49.3. The average molecular weight is 423 g/mol. The number of aryl methyl sites for hydroxylation is 1. The van der Waals surface area contributed by atoms with Gasteiger partial charge in [-0.05, 0) is 49.9 Å². The largest absolute Gasteiger partial charge is 0.355 e. The third kappa shape index (κ3) is 4.19. The van der Waals surface area contributed by atoms with Crippen LogP contribution in [0.3, 0.4) is 0 Å². The van der Waals surface area contributed by atoms with Gasteiger partial charge < -0.3 is 10.2 Å². The van der Waals surface area contributed by atoms with Crippen molar-refractivity contribution in [2.75, 3.05) is 29.6 Å². The Labute approximate surface area is 169 Å². The van der Waals surface area contributed by atoms with Crippen LogP contribution in [0.1, 0.15) is 24.8 Å². The van der Waals surface area contributed by atoms with Crippen LogP contribution >= 0.6 is 0 Å². The summed E-state index contributed by atoms with van der Waals surface area (Å²) in [6.45, 7) is 3.11. The third-order valence-corrected chi connectivity index (χ3v) is 6.93. The van der Waals surface area contributed by atoms with E-state index in [0.29, 0.717) is 30.6 Å². The monoisotopic (exact) mass is 422 g/mol. The number of sulfone groups is 1. The summed E-state index contributed by atoms with van der Waals surface area (Å²) in [6, 6.07) is 6.36. The summed E-state index contributed by atoms with van der Waals surface area (Å²) in [6.07, 6.45) is 2.62. The summed E-state index contributed by atoms with van der Waals surface area (Å²) in [5, 5.41) is 3.08. The van der Waals surface area contributed by atoms with E-state index in [1.54, 1.807) is 18.3 Å². The molecule has 2 aromatic rings. The molecule has 1 aromatic carbocycles. The molecule has 2 heterocycles. The smallest absolute Gasteiger partial charge is 0.239 e. The second kappa shape index (κ2) is 7.19. The summed E-state index contributed by atoms with van der Waals surface area (Å²) in [4.78, 5) is 11.2. The van der Waals surface area contributed by atoms with E-state index in [0.717, 1.165) is 30.5 Å². The molecule has 4 rings (SSSR count). The zero-order chi connectivity index (χ0) is 20.8. The van der Waals surface area contributed by atoms with E-state index in [4.69, 9.17) is 0 Å². The number of aromatic nitrogens is 2. The first-order valence-corrected chi connectivity index (χ1v) is 11.5. The van der Waals surface area contributed by atoms with Crippen molar-refractivity contribution in [3.63, 3.8) is 0 Å². The van der Waals surface area contributed by atoms with Crippen LogP contribution in [0, 0.1) is 18.3 Å². The van der Waals surface area contributed by atoms with Gasteiger partial charge in [-0.1, -0.05) is 0 Å². The maximum Gasteiger partial charge on any atom is 0.239 e. The number of nitrogens with one attached hydrogen (secondary N) is 1. The SMILES string of the molecule is Cc1cnc(Nc2ccc(S(C)(=O)=O)cc2)nc1N1CC(CC(F)F)(C2CC2)C1. The molecule has 6 nitrogen and oxygen atoms in total. The molecule has 1 aliphatic heterocycles. The predicted octanol–water partition coefficient (Wildman–Crippen LogP) is 3.80. The van der Waals surface area contributed by atoms with Crippen LogP contribution in [0.25, 0.3) is 0 Å². The van der Waals surface area contributed by atoms with E-state index >= 15 is 0 Å². The topological polar surface area (TPSA) is 75.2 Å². The highest BCUT2D eigenvalue weighted by molar-refractivity contribution is 7.90. The fourth-order valence-electron chi connectivity index (χ4n) is 4.15. The Morgan fingerprint density at radius 2 is 1.90 bits per heavy atom. The van der Waals surface area contributed by atoms with Crippen molar-refractivity contribution in [2.45, 2.75) is 37.5 Å². The summed E-state index contributed by atoms with van der Waals surface area (Å²) >= 11 is 0. The van der Waals surface area contributed by atoms with Crippen LogP contribution in [-0.2, 0) is 9.84 Å². The van der Waals surface area contributed by atoms with E-state index in [-0.39, 0.29) is 16.7 Å². The Morgan fingerprint density at radius 1 is 1.24 bits per heavy atom. The number of rotatable bonds is 7. The van der Waals surface area contributed by atoms with Crippen molar-refractivity contribution in [1.29, 1.82) is 0 Å². The highest BCUT2D eigenvalue weighted by Crippen LogP contribution is 2.54. The standard InChI is InChI=1S/C20H24F2N4O2S/c1-13-10-23-19(24-15-5-7-16(8-6-15)29(2,27)28)25-18(13)26-11-20(12-26,9-17(21)22)14-3-4-14/h5-8,10,14,17H,3-4,9,11-12H2,1-2H3,(H,23,24,25). The van der Waals surface area contributed by atoms with Crippen LogP contribution in [-0.4, -0.2) is 44.2 Å². The van der Waals surface area contributed by atoms with Crippen molar-refractivity contribution in [1.82, 2.24) is 9.97 Å². The van der Waals surface area contributed by atoms with Gasteiger partial charge >= 0.3 is 0 Å². The first-order chi connectivity index (χ1) is 13.7. The second-order valence-electron chi connectivity index (χ2n) is 8.21. The lowest BCUT2D eigenvalue weighted by atomic mass is 9.72. The van der Waals surface area contributed by atoms with Gasteiger partial charge in [-0.2, -0.15) is 4.98 Å². The number of nitrogens with zero attached hydrogens (tertiary/aromatic N) is 3. The van der Waals surface area contributed by atoms with Crippen molar-refractivity contribution in [3.8, 4) is 0 Å². The third-order valence-electron chi connectivity index (χ3n) is 5.80. The Bertz CT molecular complexity index is 1000. The van der Waals surface area contributed by atoms with Crippen molar-refractivity contribution in [2.24, 2.45) is 11.3 Å². The first kappa shape index (κ1) is 20.0. The average Bonchev–Trinajstić information content (AvgIpc) is 3.44. The number of benzene rings is 1. The van der Waals surface area contributed by atoms with Crippen LogP contribution in [0.5, 0.6) is 0 Å². The molecule has 9 heteroatoms. The van der Waals surface area contributed by atoms with Crippen LogP contribution in [0.2, 0.25) is 0 Å². The molecule has 1 aliphatic carbocycles. The number of alkyl halides is 2. The van der Waals surface area contributed by atoms with Crippen molar-refractivity contribution in [3.05, 3.63) is 36.0 Å². The molecule has 156 valence electrons. The van der Waals surface area contributed by atoms with E-state index in [2.05, 4.69) is 20.2 Å².